The lowest BCUT2D eigenvalue weighted by Gasteiger charge is -2.32. The maximum Gasteiger partial charge on any atom is 0.425 e. The summed E-state index contributed by atoms with van der Waals surface area (Å²) in [5.41, 5.74) is 0.661. The van der Waals surface area contributed by atoms with Gasteiger partial charge in [0.15, 0.2) is 5.82 Å². The van der Waals surface area contributed by atoms with Crippen LogP contribution in [-0.4, -0.2) is 63.2 Å². The molecule has 0 radical (unpaired) electrons. The number of rotatable bonds is 1. The van der Waals surface area contributed by atoms with E-state index in [-0.39, 0.29) is 10.3 Å². The van der Waals surface area contributed by atoms with Crippen molar-refractivity contribution in [1.29, 1.82) is 0 Å². The molecule has 3 aromatic rings. The lowest BCUT2D eigenvalue weighted by atomic mass is 10.3. The van der Waals surface area contributed by atoms with E-state index in [2.05, 4.69) is 25.4 Å². The molecule has 1 aliphatic rings. The first-order valence-electron chi connectivity index (χ1n) is 6.96. The SMILES string of the molecule is CN1CCN(c2nc3sc(C(F)(F)F)cc3n3nnnc23)CC1. The van der Waals surface area contributed by atoms with Crippen LogP contribution in [0.2, 0.25) is 0 Å². The molecule has 1 aliphatic heterocycles. The highest BCUT2D eigenvalue weighted by molar-refractivity contribution is 7.18. The molecular formula is C12H12F3N7S. The Labute approximate surface area is 132 Å². The standard InChI is InChI=1S/C12H12F3N7S/c1-20-2-4-21(5-3-20)9-10-17-18-19-22(10)7-6-8(12(13,14)15)23-11(7)16-9/h6H,2-5H2,1H3. The second-order valence-corrected chi connectivity index (χ2v) is 6.47. The Morgan fingerprint density at radius 1 is 1.17 bits per heavy atom. The molecule has 0 spiro atoms. The van der Waals surface area contributed by atoms with Crippen molar-refractivity contribution in [1.82, 2.24) is 29.9 Å². The minimum Gasteiger partial charge on any atom is -0.351 e. The lowest BCUT2D eigenvalue weighted by Crippen LogP contribution is -2.45. The highest BCUT2D eigenvalue weighted by Crippen LogP contribution is 2.38. The van der Waals surface area contributed by atoms with Gasteiger partial charge in [0.2, 0.25) is 5.65 Å². The van der Waals surface area contributed by atoms with Gasteiger partial charge in [-0.1, -0.05) is 0 Å². The fourth-order valence-electron chi connectivity index (χ4n) is 2.61. The second-order valence-electron chi connectivity index (χ2n) is 5.44. The fraction of sp³-hybridized carbons (Fsp3) is 0.500. The zero-order valence-electron chi connectivity index (χ0n) is 12.1. The van der Waals surface area contributed by atoms with Crippen LogP contribution in [0.1, 0.15) is 4.88 Å². The van der Waals surface area contributed by atoms with E-state index in [9.17, 15) is 13.2 Å². The minimum absolute atomic E-state index is 0.278. The van der Waals surface area contributed by atoms with Crippen LogP contribution in [-0.2, 0) is 6.18 Å². The number of nitrogens with zero attached hydrogens (tertiary/aromatic N) is 7. The Hall–Kier alpha value is -2.01. The van der Waals surface area contributed by atoms with Crippen LogP contribution in [0, 0.1) is 0 Å². The number of hydrogen-bond donors (Lipinski definition) is 0. The van der Waals surface area contributed by atoms with Gasteiger partial charge in [0.25, 0.3) is 0 Å². The number of tetrazole rings is 1. The summed E-state index contributed by atoms with van der Waals surface area (Å²) >= 11 is 0.612. The van der Waals surface area contributed by atoms with E-state index in [1.807, 2.05) is 11.9 Å². The molecule has 7 nitrogen and oxygen atoms in total. The van der Waals surface area contributed by atoms with Gasteiger partial charge in [0, 0.05) is 26.2 Å². The van der Waals surface area contributed by atoms with E-state index in [0.717, 1.165) is 32.2 Å². The molecule has 0 bridgehead atoms. The molecular weight excluding hydrogens is 331 g/mol. The summed E-state index contributed by atoms with van der Waals surface area (Å²) in [6.45, 7) is 3.17. The largest absolute Gasteiger partial charge is 0.425 e. The number of anilines is 1. The first-order valence-corrected chi connectivity index (χ1v) is 7.77. The monoisotopic (exact) mass is 343 g/mol. The number of aromatic nitrogens is 5. The quantitative estimate of drug-likeness (QED) is 0.667. The Bertz CT molecular complexity index is 863. The molecule has 1 fully saturated rings. The maximum atomic E-state index is 13.0. The third kappa shape index (κ3) is 2.39. The van der Waals surface area contributed by atoms with E-state index >= 15 is 0 Å². The Kier molecular flexibility index (Phi) is 3.17. The van der Waals surface area contributed by atoms with Crippen molar-refractivity contribution < 1.29 is 13.2 Å². The number of alkyl halides is 3. The zero-order chi connectivity index (χ0) is 16.2. The number of piperazine rings is 1. The molecule has 11 heteroatoms. The topological polar surface area (TPSA) is 62.5 Å². The average Bonchev–Trinajstić information content (AvgIpc) is 3.12. The third-order valence-electron chi connectivity index (χ3n) is 3.88. The van der Waals surface area contributed by atoms with Crippen LogP contribution in [0.5, 0.6) is 0 Å². The summed E-state index contributed by atoms with van der Waals surface area (Å²) in [4.78, 5) is 8.20. The number of hydrogen-bond acceptors (Lipinski definition) is 7. The summed E-state index contributed by atoms with van der Waals surface area (Å²) in [5, 5.41) is 11.4. The van der Waals surface area contributed by atoms with Crippen molar-refractivity contribution in [2.24, 2.45) is 0 Å². The Balaban J connectivity index is 1.88. The predicted octanol–water partition coefficient (Wildman–Crippen LogP) is 1.50. The molecule has 0 atom stereocenters. The molecule has 23 heavy (non-hydrogen) atoms. The first kappa shape index (κ1) is 14.6. The minimum atomic E-state index is -4.40. The zero-order valence-corrected chi connectivity index (χ0v) is 12.9. The molecule has 0 amide bonds. The molecule has 0 unspecified atom stereocenters. The molecule has 4 rings (SSSR count). The highest BCUT2D eigenvalue weighted by atomic mass is 32.1. The van der Waals surface area contributed by atoms with Crippen molar-refractivity contribution >= 4 is 33.1 Å². The lowest BCUT2D eigenvalue weighted by molar-refractivity contribution is -0.134. The summed E-state index contributed by atoms with van der Waals surface area (Å²) in [6.07, 6.45) is -4.40. The highest BCUT2D eigenvalue weighted by Gasteiger charge is 2.34. The predicted molar refractivity (Wildman–Crippen MR) is 78.7 cm³/mol. The van der Waals surface area contributed by atoms with E-state index in [1.54, 1.807) is 0 Å². The van der Waals surface area contributed by atoms with Crippen LogP contribution in [0.3, 0.4) is 0 Å². The molecule has 0 aliphatic carbocycles. The fourth-order valence-corrected chi connectivity index (χ4v) is 3.49. The van der Waals surface area contributed by atoms with E-state index in [1.165, 1.54) is 4.52 Å². The van der Waals surface area contributed by atoms with E-state index < -0.39 is 11.1 Å². The van der Waals surface area contributed by atoms with Gasteiger partial charge in [-0.2, -0.15) is 17.7 Å². The number of thiophene rings is 1. The number of likely N-dealkylation sites (N-methyl/N-ethyl adjacent to an activating group) is 1. The van der Waals surface area contributed by atoms with Crippen molar-refractivity contribution in [3.8, 4) is 0 Å². The molecule has 1 saturated heterocycles. The third-order valence-corrected chi connectivity index (χ3v) is 4.94. The first-order chi connectivity index (χ1) is 10.9. The van der Waals surface area contributed by atoms with Gasteiger partial charge < -0.3 is 9.80 Å². The van der Waals surface area contributed by atoms with Crippen LogP contribution in [0.15, 0.2) is 6.07 Å². The van der Waals surface area contributed by atoms with E-state index in [4.69, 9.17) is 0 Å². The smallest absolute Gasteiger partial charge is 0.351 e. The Morgan fingerprint density at radius 3 is 2.61 bits per heavy atom. The van der Waals surface area contributed by atoms with Crippen molar-refractivity contribution in [2.75, 3.05) is 38.1 Å². The maximum absolute atomic E-state index is 13.0. The van der Waals surface area contributed by atoms with E-state index in [0.29, 0.717) is 22.8 Å². The Morgan fingerprint density at radius 2 is 1.91 bits per heavy atom. The summed E-state index contributed by atoms with van der Waals surface area (Å²) < 4.78 is 40.2. The summed E-state index contributed by atoms with van der Waals surface area (Å²) in [6, 6.07) is 1.05. The average molecular weight is 343 g/mol. The van der Waals surface area contributed by atoms with Crippen LogP contribution >= 0.6 is 11.3 Å². The van der Waals surface area contributed by atoms with Crippen LogP contribution < -0.4 is 4.90 Å². The summed E-state index contributed by atoms with van der Waals surface area (Å²) in [7, 11) is 2.02. The molecule has 0 saturated carbocycles. The van der Waals surface area contributed by atoms with Gasteiger partial charge in [0.1, 0.15) is 15.2 Å². The molecule has 0 aromatic carbocycles. The molecule has 3 aromatic heterocycles. The second kappa shape index (κ2) is 4.99. The van der Waals surface area contributed by atoms with Gasteiger partial charge in [0.05, 0.1) is 0 Å². The van der Waals surface area contributed by atoms with Crippen molar-refractivity contribution in [2.45, 2.75) is 6.18 Å². The van der Waals surface area contributed by atoms with Gasteiger partial charge in [-0.3, -0.25) is 0 Å². The molecule has 4 heterocycles. The van der Waals surface area contributed by atoms with Gasteiger partial charge in [-0.25, -0.2) is 4.98 Å². The molecule has 0 N–H and O–H groups in total. The molecule has 122 valence electrons. The van der Waals surface area contributed by atoms with Crippen LogP contribution in [0.4, 0.5) is 19.0 Å². The van der Waals surface area contributed by atoms with Gasteiger partial charge >= 0.3 is 6.18 Å². The van der Waals surface area contributed by atoms with Gasteiger partial charge in [-0.15, -0.1) is 16.4 Å². The number of fused-ring (bicyclic) bond motifs is 3. The van der Waals surface area contributed by atoms with Gasteiger partial charge in [-0.05, 0) is 23.5 Å². The number of halogens is 3. The van der Waals surface area contributed by atoms with Crippen LogP contribution in [0.25, 0.3) is 16.0 Å². The van der Waals surface area contributed by atoms with Crippen molar-refractivity contribution in [3.63, 3.8) is 0 Å². The summed E-state index contributed by atoms with van der Waals surface area (Å²) in [5.74, 6) is 0.533. The normalized spacial score (nSPS) is 17.5. The van der Waals surface area contributed by atoms with Crippen molar-refractivity contribution in [3.05, 3.63) is 10.9 Å².